The SMILES string of the molecule is Cc1ccccc1C(O)CN(CCO)CCCO. The Morgan fingerprint density at radius 3 is 2.44 bits per heavy atom. The van der Waals surface area contributed by atoms with Gasteiger partial charge in [-0.05, 0) is 24.5 Å². The van der Waals surface area contributed by atoms with E-state index in [1.165, 1.54) is 0 Å². The summed E-state index contributed by atoms with van der Waals surface area (Å²) < 4.78 is 0. The lowest BCUT2D eigenvalue weighted by atomic mass is 10.0. The van der Waals surface area contributed by atoms with Crippen LogP contribution in [0.15, 0.2) is 24.3 Å². The fourth-order valence-electron chi connectivity index (χ4n) is 2.03. The number of aryl methyl sites for hydroxylation is 1. The second-order valence-corrected chi connectivity index (χ2v) is 4.47. The zero-order chi connectivity index (χ0) is 13.4. The van der Waals surface area contributed by atoms with Crippen LogP contribution in [0.4, 0.5) is 0 Å². The average Bonchev–Trinajstić information content (AvgIpc) is 2.36. The second kappa shape index (κ2) is 8.21. The van der Waals surface area contributed by atoms with E-state index in [1.807, 2.05) is 36.1 Å². The third kappa shape index (κ3) is 4.74. The molecule has 0 amide bonds. The van der Waals surface area contributed by atoms with E-state index in [-0.39, 0.29) is 13.2 Å². The first-order valence-electron chi connectivity index (χ1n) is 6.36. The molecule has 4 heteroatoms. The van der Waals surface area contributed by atoms with Gasteiger partial charge in [-0.25, -0.2) is 0 Å². The van der Waals surface area contributed by atoms with E-state index in [0.717, 1.165) is 11.1 Å². The zero-order valence-electron chi connectivity index (χ0n) is 10.9. The molecule has 0 aliphatic rings. The molecule has 0 saturated heterocycles. The minimum atomic E-state index is -0.559. The van der Waals surface area contributed by atoms with Crippen molar-refractivity contribution in [2.24, 2.45) is 0 Å². The van der Waals surface area contributed by atoms with Crippen molar-refractivity contribution in [1.29, 1.82) is 0 Å². The van der Waals surface area contributed by atoms with Crippen molar-refractivity contribution in [3.63, 3.8) is 0 Å². The monoisotopic (exact) mass is 253 g/mol. The molecule has 0 heterocycles. The number of nitrogens with zero attached hydrogens (tertiary/aromatic N) is 1. The molecule has 0 fully saturated rings. The summed E-state index contributed by atoms with van der Waals surface area (Å²) >= 11 is 0. The Labute approximate surface area is 108 Å². The van der Waals surface area contributed by atoms with Gasteiger partial charge in [-0.3, -0.25) is 4.90 Å². The van der Waals surface area contributed by atoms with Crippen molar-refractivity contribution in [3.05, 3.63) is 35.4 Å². The Hall–Kier alpha value is -0.940. The van der Waals surface area contributed by atoms with Crippen LogP contribution in [0.1, 0.15) is 23.7 Å². The summed E-state index contributed by atoms with van der Waals surface area (Å²) in [7, 11) is 0. The van der Waals surface area contributed by atoms with Gasteiger partial charge in [-0.15, -0.1) is 0 Å². The Bertz CT molecular complexity index is 344. The molecule has 0 aliphatic carbocycles. The molecule has 102 valence electrons. The lowest BCUT2D eigenvalue weighted by Gasteiger charge is -2.24. The van der Waals surface area contributed by atoms with Crippen LogP contribution in [-0.4, -0.2) is 53.1 Å². The highest BCUT2D eigenvalue weighted by atomic mass is 16.3. The maximum atomic E-state index is 10.2. The largest absolute Gasteiger partial charge is 0.396 e. The first-order chi connectivity index (χ1) is 8.69. The van der Waals surface area contributed by atoms with Crippen LogP contribution in [0.3, 0.4) is 0 Å². The molecular formula is C14H23NO3. The Morgan fingerprint density at radius 1 is 1.11 bits per heavy atom. The Morgan fingerprint density at radius 2 is 1.83 bits per heavy atom. The van der Waals surface area contributed by atoms with E-state index >= 15 is 0 Å². The van der Waals surface area contributed by atoms with Crippen molar-refractivity contribution >= 4 is 0 Å². The highest BCUT2D eigenvalue weighted by molar-refractivity contribution is 5.27. The summed E-state index contributed by atoms with van der Waals surface area (Å²) in [5.41, 5.74) is 1.99. The van der Waals surface area contributed by atoms with Crippen LogP contribution in [0.5, 0.6) is 0 Å². The molecule has 4 nitrogen and oxygen atoms in total. The molecule has 1 rings (SSSR count). The molecule has 1 unspecified atom stereocenters. The third-order valence-corrected chi connectivity index (χ3v) is 3.03. The van der Waals surface area contributed by atoms with Crippen LogP contribution in [0.2, 0.25) is 0 Å². The molecule has 3 N–H and O–H groups in total. The fourth-order valence-corrected chi connectivity index (χ4v) is 2.03. The van der Waals surface area contributed by atoms with Gasteiger partial charge in [0.15, 0.2) is 0 Å². The summed E-state index contributed by atoms with van der Waals surface area (Å²) in [6.07, 6.45) is 0.0944. The first kappa shape index (κ1) is 15.1. The second-order valence-electron chi connectivity index (χ2n) is 4.47. The maximum Gasteiger partial charge on any atom is 0.0919 e. The number of aliphatic hydroxyl groups is 3. The van der Waals surface area contributed by atoms with Gasteiger partial charge in [0, 0.05) is 26.2 Å². The Kier molecular flexibility index (Phi) is 6.90. The van der Waals surface area contributed by atoms with Gasteiger partial charge in [-0.2, -0.15) is 0 Å². The van der Waals surface area contributed by atoms with Crippen molar-refractivity contribution in [1.82, 2.24) is 4.90 Å². The van der Waals surface area contributed by atoms with E-state index in [2.05, 4.69) is 0 Å². The smallest absolute Gasteiger partial charge is 0.0919 e. The molecule has 0 spiro atoms. The highest BCUT2D eigenvalue weighted by Crippen LogP contribution is 2.18. The van der Waals surface area contributed by atoms with Gasteiger partial charge >= 0.3 is 0 Å². The maximum absolute atomic E-state index is 10.2. The highest BCUT2D eigenvalue weighted by Gasteiger charge is 2.14. The minimum absolute atomic E-state index is 0.0614. The van der Waals surface area contributed by atoms with Crippen LogP contribution >= 0.6 is 0 Å². The molecule has 0 aromatic heterocycles. The number of hydrogen-bond acceptors (Lipinski definition) is 4. The molecule has 0 radical (unpaired) electrons. The van der Waals surface area contributed by atoms with Crippen molar-refractivity contribution in [2.75, 3.05) is 32.8 Å². The van der Waals surface area contributed by atoms with Gasteiger partial charge in [0.1, 0.15) is 0 Å². The first-order valence-corrected chi connectivity index (χ1v) is 6.36. The summed E-state index contributed by atoms with van der Waals surface area (Å²) in [6.45, 7) is 3.84. The van der Waals surface area contributed by atoms with Crippen molar-refractivity contribution in [3.8, 4) is 0 Å². The predicted octanol–water partition coefficient (Wildman–Crippen LogP) is 0.705. The summed E-state index contributed by atoms with van der Waals surface area (Å²) in [5.74, 6) is 0. The van der Waals surface area contributed by atoms with Crippen molar-refractivity contribution in [2.45, 2.75) is 19.4 Å². The van der Waals surface area contributed by atoms with Crippen LogP contribution in [0, 0.1) is 6.92 Å². The summed E-state index contributed by atoms with van der Waals surface area (Å²) in [5, 5.41) is 28.0. The van der Waals surface area contributed by atoms with E-state index in [9.17, 15) is 5.11 Å². The van der Waals surface area contributed by atoms with Gasteiger partial charge < -0.3 is 15.3 Å². The van der Waals surface area contributed by atoms with E-state index in [0.29, 0.717) is 26.1 Å². The fraction of sp³-hybridized carbons (Fsp3) is 0.571. The molecule has 18 heavy (non-hydrogen) atoms. The molecule has 1 aromatic carbocycles. The predicted molar refractivity (Wildman–Crippen MR) is 71.4 cm³/mol. The lowest BCUT2D eigenvalue weighted by molar-refractivity contribution is 0.0946. The molecule has 0 saturated carbocycles. The van der Waals surface area contributed by atoms with Gasteiger partial charge in [0.25, 0.3) is 0 Å². The van der Waals surface area contributed by atoms with Crippen molar-refractivity contribution < 1.29 is 15.3 Å². The summed E-state index contributed by atoms with van der Waals surface area (Å²) in [6, 6.07) is 7.75. The topological polar surface area (TPSA) is 63.9 Å². The van der Waals surface area contributed by atoms with Gasteiger partial charge in [-0.1, -0.05) is 24.3 Å². The molecule has 0 aliphatic heterocycles. The lowest BCUT2D eigenvalue weighted by Crippen LogP contribution is -2.32. The van der Waals surface area contributed by atoms with E-state index < -0.39 is 6.10 Å². The molecule has 1 atom stereocenters. The van der Waals surface area contributed by atoms with Crippen LogP contribution in [-0.2, 0) is 0 Å². The average molecular weight is 253 g/mol. The van der Waals surface area contributed by atoms with Gasteiger partial charge in [0.2, 0.25) is 0 Å². The van der Waals surface area contributed by atoms with Gasteiger partial charge in [0.05, 0.1) is 12.7 Å². The van der Waals surface area contributed by atoms with Crippen LogP contribution < -0.4 is 0 Å². The quantitative estimate of drug-likeness (QED) is 0.638. The normalized spacial score (nSPS) is 12.9. The summed E-state index contributed by atoms with van der Waals surface area (Å²) in [4.78, 5) is 1.97. The zero-order valence-corrected chi connectivity index (χ0v) is 10.9. The number of aliphatic hydroxyl groups excluding tert-OH is 3. The minimum Gasteiger partial charge on any atom is -0.396 e. The van der Waals surface area contributed by atoms with E-state index in [1.54, 1.807) is 0 Å². The number of rotatable bonds is 8. The molecule has 0 bridgehead atoms. The van der Waals surface area contributed by atoms with Crippen LogP contribution in [0.25, 0.3) is 0 Å². The molecular weight excluding hydrogens is 230 g/mol. The standard InChI is InChI=1S/C14H23NO3/c1-12-5-2-3-6-13(12)14(18)11-15(8-10-17)7-4-9-16/h2-3,5-6,14,16-18H,4,7-11H2,1H3. The third-order valence-electron chi connectivity index (χ3n) is 3.03. The Balaban J connectivity index is 2.60. The number of benzene rings is 1. The van der Waals surface area contributed by atoms with E-state index in [4.69, 9.17) is 10.2 Å². The number of hydrogen-bond donors (Lipinski definition) is 3. The molecule has 1 aromatic rings.